The normalized spacial score (nSPS) is 13.8. The molecule has 0 unspecified atom stereocenters. The lowest BCUT2D eigenvalue weighted by atomic mass is 10.1. The van der Waals surface area contributed by atoms with Crippen LogP contribution in [0.4, 0.5) is 11.4 Å². The Hall–Kier alpha value is -2.16. The van der Waals surface area contributed by atoms with Crippen molar-refractivity contribution in [3.63, 3.8) is 0 Å². The van der Waals surface area contributed by atoms with Crippen LogP contribution in [0.25, 0.3) is 0 Å². The van der Waals surface area contributed by atoms with Crippen molar-refractivity contribution in [2.24, 2.45) is 0 Å². The van der Waals surface area contributed by atoms with Crippen LogP contribution in [0.2, 0.25) is 5.02 Å². The first-order valence-corrected chi connectivity index (χ1v) is 7.74. The number of carboxylic acids is 1. The maximum Gasteiger partial charge on any atom is 0.326 e. The minimum atomic E-state index is -0.930. The number of aliphatic carboxylic acids is 1. The number of anilines is 2. The van der Waals surface area contributed by atoms with Crippen molar-refractivity contribution in [2.45, 2.75) is 22.8 Å². The van der Waals surface area contributed by atoms with Crippen LogP contribution in [-0.4, -0.2) is 17.1 Å². The fourth-order valence-corrected chi connectivity index (χ4v) is 3.73. The van der Waals surface area contributed by atoms with Gasteiger partial charge in [0, 0.05) is 14.8 Å². The molecular formula is C16H11ClN2O2S. The van der Waals surface area contributed by atoms with Gasteiger partial charge in [-0.05, 0) is 43.3 Å². The van der Waals surface area contributed by atoms with E-state index in [0.717, 1.165) is 21.2 Å². The molecule has 3 rings (SSSR count). The molecule has 0 amide bonds. The lowest BCUT2D eigenvalue weighted by Gasteiger charge is -2.35. The van der Waals surface area contributed by atoms with E-state index in [2.05, 4.69) is 6.07 Å². The van der Waals surface area contributed by atoms with Crippen LogP contribution in [0.5, 0.6) is 0 Å². The van der Waals surface area contributed by atoms with Crippen molar-refractivity contribution in [1.82, 2.24) is 0 Å². The van der Waals surface area contributed by atoms with Gasteiger partial charge in [0.05, 0.1) is 23.0 Å². The van der Waals surface area contributed by atoms with Crippen molar-refractivity contribution in [3.05, 3.63) is 47.0 Å². The van der Waals surface area contributed by atoms with Crippen molar-refractivity contribution in [3.8, 4) is 6.07 Å². The Kier molecular flexibility index (Phi) is 3.73. The van der Waals surface area contributed by atoms with Gasteiger partial charge in [-0.1, -0.05) is 23.4 Å². The van der Waals surface area contributed by atoms with E-state index in [0.29, 0.717) is 10.6 Å². The predicted octanol–water partition coefficient (Wildman–Crippen LogP) is 4.29. The number of fused-ring (bicyclic) bond motifs is 2. The molecule has 1 atom stereocenters. The molecule has 0 fully saturated rings. The van der Waals surface area contributed by atoms with Gasteiger partial charge in [0.15, 0.2) is 0 Å². The summed E-state index contributed by atoms with van der Waals surface area (Å²) in [6.45, 7) is 1.62. The Morgan fingerprint density at radius 1 is 1.27 bits per heavy atom. The first-order valence-electron chi connectivity index (χ1n) is 6.55. The van der Waals surface area contributed by atoms with Gasteiger partial charge in [0.2, 0.25) is 0 Å². The lowest BCUT2D eigenvalue weighted by Crippen LogP contribution is -2.37. The van der Waals surface area contributed by atoms with Crippen LogP contribution < -0.4 is 4.90 Å². The second-order valence-electron chi connectivity index (χ2n) is 4.89. The highest BCUT2D eigenvalue weighted by atomic mass is 35.5. The van der Waals surface area contributed by atoms with Crippen molar-refractivity contribution in [2.75, 3.05) is 4.90 Å². The van der Waals surface area contributed by atoms with Gasteiger partial charge in [-0.2, -0.15) is 5.26 Å². The largest absolute Gasteiger partial charge is 0.480 e. The summed E-state index contributed by atoms with van der Waals surface area (Å²) in [5, 5.41) is 19.1. The highest BCUT2D eigenvalue weighted by Gasteiger charge is 2.30. The Morgan fingerprint density at radius 2 is 2.05 bits per heavy atom. The summed E-state index contributed by atoms with van der Waals surface area (Å²) >= 11 is 7.57. The van der Waals surface area contributed by atoms with Gasteiger partial charge in [0.25, 0.3) is 0 Å². The SMILES string of the molecule is C[C@@H](C(=O)O)N1c2ccc(Cl)cc2Sc2ccc(C#N)cc21. The maximum atomic E-state index is 11.5. The molecule has 110 valence electrons. The van der Waals surface area contributed by atoms with Gasteiger partial charge >= 0.3 is 5.97 Å². The Bertz CT molecular complexity index is 816. The fourth-order valence-electron chi connectivity index (χ4n) is 2.41. The smallest absolute Gasteiger partial charge is 0.326 e. The predicted molar refractivity (Wildman–Crippen MR) is 86.0 cm³/mol. The summed E-state index contributed by atoms with van der Waals surface area (Å²) in [5.74, 6) is -0.930. The second-order valence-corrected chi connectivity index (χ2v) is 6.41. The summed E-state index contributed by atoms with van der Waals surface area (Å²) in [6.07, 6.45) is 0. The van der Waals surface area contributed by atoms with Gasteiger partial charge in [-0.25, -0.2) is 4.79 Å². The molecule has 1 aliphatic heterocycles. The molecule has 0 spiro atoms. The third-order valence-corrected chi connectivity index (χ3v) is 4.84. The number of carbonyl (C=O) groups is 1. The van der Waals surface area contributed by atoms with Gasteiger partial charge in [0.1, 0.15) is 6.04 Å². The summed E-state index contributed by atoms with van der Waals surface area (Å²) in [7, 11) is 0. The standard InChI is InChI=1S/C16H11ClN2O2S/c1-9(16(20)21)19-12-4-3-11(17)7-15(12)22-14-5-2-10(8-18)6-13(14)19/h2-7,9H,1H3,(H,20,21)/t9-/m0/s1. The molecule has 2 aromatic rings. The van der Waals surface area contributed by atoms with Crippen molar-refractivity contribution in [1.29, 1.82) is 5.26 Å². The van der Waals surface area contributed by atoms with E-state index in [9.17, 15) is 9.90 Å². The van der Waals surface area contributed by atoms with E-state index in [4.69, 9.17) is 16.9 Å². The molecule has 0 saturated carbocycles. The minimum absolute atomic E-state index is 0.499. The number of carboxylic acid groups (broad SMARTS) is 1. The maximum absolute atomic E-state index is 11.5. The molecule has 0 aliphatic carbocycles. The van der Waals surface area contributed by atoms with Crippen LogP contribution >= 0.6 is 23.4 Å². The molecule has 1 heterocycles. The number of hydrogen-bond donors (Lipinski definition) is 1. The Morgan fingerprint density at radius 3 is 2.73 bits per heavy atom. The van der Waals surface area contributed by atoms with Crippen LogP contribution in [0, 0.1) is 11.3 Å². The number of rotatable bonds is 2. The van der Waals surface area contributed by atoms with E-state index in [-0.39, 0.29) is 0 Å². The summed E-state index contributed by atoms with van der Waals surface area (Å²) < 4.78 is 0. The van der Waals surface area contributed by atoms with Gasteiger partial charge in [-0.15, -0.1) is 0 Å². The van der Waals surface area contributed by atoms with Crippen molar-refractivity contribution >= 4 is 40.7 Å². The number of nitriles is 1. The van der Waals surface area contributed by atoms with Crippen LogP contribution in [0.3, 0.4) is 0 Å². The molecule has 0 bridgehead atoms. The van der Waals surface area contributed by atoms with E-state index in [1.54, 1.807) is 30.0 Å². The molecular weight excluding hydrogens is 320 g/mol. The number of nitrogens with zero attached hydrogens (tertiary/aromatic N) is 2. The summed E-state index contributed by atoms with van der Waals surface area (Å²) in [4.78, 5) is 15.0. The Balaban J connectivity index is 2.23. The first-order chi connectivity index (χ1) is 10.5. The van der Waals surface area contributed by atoms with E-state index < -0.39 is 12.0 Å². The summed E-state index contributed by atoms with van der Waals surface area (Å²) in [5.41, 5.74) is 2.01. The molecule has 1 N–H and O–H groups in total. The van der Waals surface area contributed by atoms with Crippen LogP contribution in [0.15, 0.2) is 46.2 Å². The third kappa shape index (κ3) is 2.41. The zero-order chi connectivity index (χ0) is 15.9. The first kappa shape index (κ1) is 14.8. The highest BCUT2D eigenvalue weighted by Crippen LogP contribution is 2.49. The molecule has 1 aliphatic rings. The minimum Gasteiger partial charge on any atom is -0.480 e. The molecule has 6 heteroatoms. The Labute approximate surface area is 136 Å². The lowest BCUT2D eigenvalue weighted by molar-refractivity contribution is -0.138. The highest BCUT2D eigenvalue weighted by molar-refractivity contribution is 7.99. The quantitative estimate of drug-likeness (QED) is 0.890. The van der Waals surface area contributed by atoms with E-state index in [1.165, 1.54) is 11.8 Å². The van der Waals surface area contributed by atoms with Crippen LogP contribution in [-0.2, 0) is 4.79 Å². The van der Waals surface area contributed by atoms with Crippen molar-refractivity contribution < 1.29 is 9.90 Å². The third-order valence-electron chi connectivity index (χ3n) is 3.49. The zero-order valence-electron chi connectivity index (χ0n) is 11.6. The topological polar surface area (TPSA) is 64.3 Å². The molecule has 2 aromatic carbocycles. The fraction of sp³-hybridized carbons (Fsp3) is 0.125. The van der Waals surface area contributed by atoms with E-state index >= 15 is 0 Å². The van der Waals surface area contributed by atoms with Crippen LogP contribution in [0.1, 0.15) is 12.5 Å². The average Bonchev–Trinajstić information content (AvgIpc) is 2.51. The summed E-state index contributed by atoms with van der Waals surface area (Å²) in [6, 6.07) is 12.0. The average molecular weight is 331 g/mol. The molecule has 22 heavy (non-hydrogen) atoms. The molecule has 0 aromatic heterocycles. The zero-order valence-corrected chi connectivity index (χ0v) is 13.1. The second kappa shape index (κ2) is 5.56. The van der Waals surface area contributed by atoms with E-state index in [1.807, 2.05) is 18.2 Å². The number of halogens is 1. The molecule has 4 nitrogen and oxygen atoms in total. The van der Waals surface area contributed by atoms with Gasteiger partial charge < -0.3 is 10.0 Å². The molecule has 0 radical (unpaired) electrons. The number of benzene rings is 2. The van der Waals surface area contributed by atoms with Gasteiger partial charge in [-0.3, -0.25) is 0 Å². The molecule has 0 saturated heterocycles. The number of hydrogen-bond acceptors (Lipinski definition) is 4. The monoisotopic (exact) mass is 330 g/mol.